The maximum Gasteiger partial charge on any atom is 0.251 e. The van der Waals surface area contributed by atoms with Gasteiger partial charge in [-0.05, 0) is 30.3 Å². The number of aliphatic hydroxyl groups is 1. The fourth-order valence-corrected chi connectivity index (χ4v) is 1.85. The van der Waals surface area contributed by atoms with Crippen molar-refractivity contribution in [1.29, 1.82) is 0 Å². The van der Waals surface area contributed by atoms with Crippen LogP contribution >= 0.6 is 0 Å². The van der Waals surface area contributed by atoms with Gasteiger partial charge in [-0.1, -0.05) is 0 Å². The number of amides is 1. The molecule has 0 spiro atoms. The van der Waals surface area contributed by atoms with E-state index in [4.69, 9.17) is 0 Å². The molecule has 0 saturated carbocycles. The minimum atomic E-state index is -1.08. The Labute approximate surface area is 114 Å². The molecule has 0 fully saturated rings. The van der Waals surface area contributed by atoms with Crippen molar-refractivity contribution in [3.05, 3.63) is 59.4 Å². The number of rotatable bonds is 4. The van der Waals surface area contributed by atoms with Gasteiger partial charge in [0.2, 0.25) is 0 Å². The van der Waals surface area contributed by atoms with Crippen molar-refractivity contribution in [3.63, 3.8) is 0 Å². The Balaban J connectivity index is 1.98. The topological polar surface area (TPSA) is 54.3 Å². The van der Waals surface area contributed by atoms with Gasteiger partial charge in [-0.3, -0.25) is 4.79 Å². The normalized spacial score (nSPS) is 12.2. The summed E-state index contributed by atoms with van der Waals surface area (Å²) in [6.45, 7) is -0.0182. The molecule has 1 atom stereocenters. The zero-order valence-electron chi connectivity index (χ0n) is 10.8. The predicted molar refractivity (Wildman–Crippen MR) is 69.1 cm³/mol. The van der Waals surface area contributed by atoms with Crippen LogP contribution in [0.15, 0.2) is 36.5 Å². The summed E-state index contributed by atoms with van der Waals surface area (Å²) in [5, 5.41) is 12.4. The van der Waals surface area contributed by atoms with E-state index in [2.05, 4.69) is 5.32 Å². The number of halogens is 2. The SMILES string of the molecule is Cn1cccc1[C@H](O)CNC(=O)c1ccc(F)c(F)c1. The van der Waals surface area contributed by atoms with E-state index in [0.717, 1.165) is 12.1 Å². The molecule has 1 aromatic heterocycles. The molecule has 1 amide bonds. The summed E-state index contributed by atoms with van der Waals surface area (Å²) in [5.74, 6) is -2.66. The molecule has 0 aliphatic carbocycles. The van der Waals surface area contributed by atoms with Crippen LogP contribution in [0.4, 0.5) is 8.78 Å². The third-order valence-electron chi connectivity index (χ3n) is 2.96. The molecule has 0 aliphatic heterocycles. The molecule has 2 rings (SSSR count). The van der Waals surface area contributed by atoms with E-state index in [-0.39, 0.29) is 12.1 Å². The lowest BCUT2D eigenvalue weighted by Crippen LogP contribution is -2.29. The van der Waals surface area contributed by atoms with Crippen LogP contribution in [0, 0.1) is 11.6 Å². The molecular weight excluding hydrogens is 266 g/mol. The summed E-state index contributed by atoms with van der Waals surface area (Å²) in [6, 6.07) is 6.39. The van der Waals surface area contributed by atoms with Crippen molar-refractivity contribution in [2.75, 3.05) is 6.54 Å². The molecule has 2 aromatic rings. The van der Waals surface area contributed by atoms with E-state index in [1.54, 1.807) is 29.9 Å². The standard InChI is InChI=1S/C14H14F2N2O2/c1-18-6-2-3-12(18)13(19)8-17-14(20)9-4-5-10(15)11(16)7-9/h2-7,13,19H,8H2,1H3,(H,17,20)/t13-/m1/s1. The maximum absolute atomic E-state index is 13.0. The number of hydrogen-bond acceptors (Lipinski definition) is 2. The molecule has 1 aromatic carbocycles. The summed E-state index contributed by atoms with van der Waals surface area (Å²) < 4.78 is 27.5. The summed E-state index contributed by atoms with van der Waals surface area (Å²) >= 11 is 0. The first kappa shape index (κ1) is 14.2. The van der Waals surface area contributed by atoms with Gasteiger partial charge in [-0.15, -0.1) is 0 Å². The van der Waals surface area contributed by atoms with Crippen LogP contribution in [-0.2, 0) is 7.05 Å². The number of nitrogens with one attached hydrogen (secondary N) is 1. The number of aryl methyl sites for hydroxylation is 1. The van der Waals surface area contributed by atoms with Crippen molar-refractivity contribution in [3.8, 4) is 0 Å². The Hall–Kier alpha value is -2.21. The second kappa shape index (κ2) is 5.83. The van der Waals surface area contributed by atoms with Crippen molar-refractivity contribution in [2.24, 2.45) is 7.05 Å². The summed E-state index contributed by atoms with van der Waals surface area (Å²) in [5.41, 5.74) is 0.651. The second-order valence-electron chi connectivity index (χ2n) is 4.40. The van der Waals surface area contributed by atoms with Gasteiger partial charge in [-0.2, -0.15) is 0 Å². The van der Waals surface area contributed by atoms with Gasteiger partial charge in [0.05, 0.1) is 0 Å². The fourth-order valence-electron chi connectivity index (χ4n) is 1.85. The fraction of sp³-hybridized carbons (Fsp3) is 0.214. The van der Waals surface area contributed by atoms with Crippen molar-refractivity contribution in [2.45, 2.75) is 6.10 Å². The van der Waals surface area contributed by atoms with Crippen LogP contribution in [0.1, 0.15) is 22.2 Å². The van der Waals surface area contributed by atoms with Gasteiger partial charge in [0.1, 0.15) is 6.10 Å². The molecule has 4 nitrogen and oxygen atoms in total. The van der Waals surface area contributed by atoms with Crippen LogP contribution in [0.3, 0.4) is 0 Å². The van der Waals surface area contributed by atoms with Crippen LogP contribution in [0.25, 0.3) is 0 Å². The zero-order valence-corrected chi connectivity index (χ0v) is 10.8. The zero-order chi connectivity index (χ0) is 14.7. The van der Waals surface area contributed by atoms with Crippen LogP contribution in [0.2, 0.25) is 0 Å². The van der Waals surface area contributed by atoms with E-state index < -0.39 is 23.6 Å². The summed E-state index contributed by atoms with van der Waals surface area (Å²) in [7, 11) is 1.77. The van der Waals surface area contributed by atoms with Crippen LogP contribution < -0.4 is 5.32 Å². The molecule has 0 saturated heterocycles. The molecule has 2 N–H and O–H groups in total. The van der Waals surface area contributed by atoms with Crippen molar-refractivity contribution in [1.82, 2.24) is 9.88 Å². The number of aromatic nitrogens is 1. The molecule has 6 heteroatoms. The quantitative estimate of drug-likeness (QED) is 0.896. The lowest BCUT2D eigenvalue weighted by molar-refractivity contribution is 0.0912. The Bertz CT molecular complexity index is 625. The first-order valence-electron chi connectivity index (χ1n) is 6.01. The predicted octanol–water partition coefficient (Wildman–Crippen LogP) is 1.77. The highest BCUT2D eigenvalue weighted by Gasteiger charge is 2.14. The van der Waals surface area contributed by atoms with Gasteiger partial charge in [0.25, 0.3) is 5.91 Å². The van der Waals surface area contributed by atoms with E-state index in [1.807, 2.05) is 0 Å². The summed E-state index contributed by atoms with van der Waals surface area (Å²) in [4.78, 5) is 11.7. The molecule has 106 valence electrons. The van der Waals surface area contributed by atoms with Gasteiger partial charge < -0.3 is 15.0 Å². The number of hydrogen-bond donors (Lipinski definition) is 2. The number of nitrogens with zero attached hydrogens (tertiary/aromatic N) is 1. The highest BCUT2D eigenvalue weighted by atomic mass is 19.2. The molecule has 0 unspecified atom stereocenters. The van der Waals surface area contributed by atoms with Gasteiger partial charge in [-0.25, -0.2) is 8.78 Å². The smallest absolute Gasteiger partial charge is 0.251 e. The first-order chi connectivity index (χ1) is 9.49. The molecular formula is C14H14F2N2O2. The highest BCUT2D eigenvalue weighted by molar-refractivity contribution is 5.94. The van der Waals surface area contributed by atoms with Gasteiger partial charge >= 0.3 is 0 Å². The van der Waals surface area contributed by atoms with Gasteiger partial charge in [0, 0.05) is 31.0 Å². The summed E-state index contributed by atoms with van der Waals surface area (Å²) in [6.07, 6.45) is 0.902. The largest absolute Gasteiger partial charge is 0.385 e. The lowest BCUT2D eigenvalue weighted by atomic mass is 10.2. The third-order valence-corrected chi connectivity index (χ3v) is 2.96. The highest BCUT2D eigenvalue weighted by Crippen LogP contribution is 2.12. The third kappa shape index (κ3) is 3.03. The van der Waals surface area contributed by atoms with Crippen LogP contribution in [0.5, 0.6) is 0 Å². The van der Waals surface area contributed by atoms with Crippen LogP contribution in [-0.4, -0.2) is 22.1 Å². The molecule has 1 heterocycles. The molecule has 0 bridgehead atoms. The monoisotopic (exact) mass is 280 g/mol. The Morgan fingerprint density at radius 3 is 2.70 bits per heavy atom. The minimum Gasteiger partial charge on any atom is -0.385 e. The molecule has 0 aliphatic rings. The first-order valence-corrected chi connectivity index (χ1v) is 6.01. The van der Waals surface area contributed by atoms with E-state index in [0.29, 0.717) is 5.69 Å². The van der Waals surface area contributed by atoms with Crippen molar-refractivity contribution < 1.29 is 18.7 Å². The van der Waals surface area contributed by atoms with E-state index in [1.165, 1.54) is 6.07 Å². The number of carbonyl (C=O) groups is 1. The number of carbonyl (C=O) groups excluding carboxylic acids is 1. The Morgan fingerprint density at radius 2 is 2.10 bits per heavy atom. The average molecular weight is 280 g/mol. The van der Waals surface area contributed by atoms with Gasteiger partial charge in [0.15, 0.2) is 11.6 Å². The minimum absolute atomic E-state index is 0.00276. The number of benzene rings is 1. The second-order valence-corrected chi connectivity index (χ2v) is 4.40. The number of aliphatic hydroxyl groups excluding tert-OH is 1. The molecule has 0 radical (unpaired) electrons. The van der Waals surface area contributed by atoms with Crippen molar-refractivity contribution >= 4 is 5.91 Å². The Morgan fingerprint density at radius 1 is 1.35 bits per heavy atom. The Kier molecular flexibility index (Phi) is 4.14. The van der Waals surface area contributed by atoms with E-state index >= 15 is 0 Å². The molecule has 20 heavy (non-hydrogen) atoms. The lowest BCUT2D eigenvalue weighted by Gasteiger charge is -2.13. The average Bonchev–Trinajstić information content (AvgIpc) is 2.85. The van der Waals surface area contributed by atoms with E-state index in [9.17, 15) is 18.7 Å². The maximum atomic E-state index is 13.0.